The van der Waals surface area contributed by atoms with Gasteiger partial charge in [0.25, 0.3) is 0 Å². The van der Waals surface area contributed by atoms with Gasteiger partial charge in [-0.2, -0.15) is 0 Å². The average Bonchev–Trinajstić information content (AvgIpc) is 2.85. The van der Waals surface area contributed by atoms with E-state index in [1.54, 1.807) is 11.8 Å². The molecule has 1 N–H and O–H groups in total. The lowest BCUT2D eigenvalue weighted by atomic mass is 10.1. The average molecular weight is 366 g/mol. The molecule has 1 aliphatic rings. The van der Waals surface area contributed by atoms with Crippen molar-refractivity contribution in [3.8, 4) is 5.75 Å². The molecular weight excluding hydrogens is 340 g/mol. The number of nitrogens with one attached hydrogen (secondary N) is 1. The number of carbonyl (C=O) groups excluding carboxylic acids is 2. The third-order valence-corrected chi connectivity index (χ3v) is 4.82. The van der Waals surface area contributed by atoms with Gasteiger partial charge in [0, 0.05) is 18.7 Å². The number of aryl methyl sites for hydroxylation is 1. The largest absolute Gasteiger partial charge is 0.494 e. The lowest BCUT2D eigenvalue weighted by Crippen LogP contribution is -2.48. The van der Waals surface area contributed by atoms with Crippen LogP contribution in [0.25, 0.3) is 0 Å². The molecule has 0 saturated carbocycles. The van der Waals surface area contributed by atoms with Gasteiger partial charge in [-0.15, -0.1) is 0 Å². The number of anilines is 1. The van der Waals surface area contributed by atoms with Crippen molar-refractivity contribution < 1.29 is 14.3 Å². The van der Waals surface area contributed by atoms with E-state index in [0.29, 0.717) is 19.6 Å². The van der Waals surface area contributed by atoms with Crippen molar-refractivity contribution in [2.24, 2.45) is 0 Å². The monoisotopic (exact) mass is 366 g/mol. The highest BCUT2D eigenvalue weighted by Gasteiger charge is 2.30. The van der Waals surface area contributed by atoms with E-state index in [1.165, 1.54) is 0 Å². The van der Waals surface area contributed by atoms with Crippen LogP contribution in [0.2, 0.25) is 0 Å². The van der Waals surface area contributed by atoms with E-state index in [4.69, 9.17) is 4.74 Å². The Bertz CT molecular complexity index is 801. The molecule has 0 aromatic heterocycles. The summed E-state index contributed by atoms with van der Waals surface area (Å²) in [6.07, 6.45) is 2.14. The number of hydrogen-bond acceptors (Lipinski definition) is 3. The molecule has 5 nitrogen and oxygen atoms in total. The molecule has 0 saturated heterocycles. The van der Waals surface area contributed by atoms with Crippen molar-refractivity contribution in [2.45, 2.75) is 45.7 Å². The highest BCUT2D eigenvalue weighted by molar-refractivity contribution is 6.01. The highest BCUT2D eigenvalue weighted by atomic mass is 16.5. The number of nitrogens with zero attached hydrogens (tertiary/aromatic N) is 1. The molecule has 1 atom stereocenters. The SMILES string of the molecule is CCOc1ccc(CNC(=O)[C@@H](C)N2C(=O)CCCc3ccccc32)cc1. The number of hydrogen-bond donors (Lipinski definition) is 1. The van der Waals surface area contributed by atoms with E-state index >= 15 is 0 Å². The summed E-state index contributed by atoms with van der Waals surface area (Å²) >= 11 is 0. The highest BCUT2D eigenvalue weighted by Crippen LogP contribution is 2.28. The second-order valence-corrected chi connectivity index (χ2v) is 6.72. The molecule has 0 bridgehead atoms. The summed E-state index contributed by atoms with van der Waals surface area (Å²) in [6, 6.07) is 14.9. The van der Waals surface area contributed by atoms with E-state index in [1.807, 2.05) is 55.5 Å². The van der Waals surface area contributed by atoms with Gasteiger partial charge in [-0.05, 0) is 56.0 Å². The lowest BCUT2D eigenvalue weighted by Gasteiger charge is -2.28. The van der Waals surface area contributed by atoms with Crippen molar-refractivity contribution in [2.75, 3.05) is 11.5 Å². The normalized spacial score (nSPS) is 14.9. The summed E-state index contributed by atoms with van der Waals surface area (Å²) in [7, 11) is 0. The van der Waals surface area contributed by atoms with Crippen LogP contribution in [0, 0.1) is 0 Å². The smallest absolute Gasteiger partial charge is 0.243 e. The fraction of sp³-hybridized carbons (Fsp3) is 0.364. The topological polar surface area (TPSA) is 58.6 Å². The molecule has 2 aromatic carbocycles. The molecule has 5 heteroatoms. The number of para-hydroxylation sites is 1. The number of fused-ring (bicyclic) bond motifs is 1. The summed E-state index contributed by atoms with van der Waals surface area (Å²) in [4.78, 5) is 27.0. The second-order valence-electron chi connectivity index (χ2n) is 6.72. The van der Waals surface area contributed by atoms with E-state index < -0.39 is 6.04 Å². The van der Waals surface area contributed by atoms with Gasteiger partial charge in [0.2, 0.25) is 11.8 Å². The number of benzene rings is 2. The van der Waals surface area contributed by atoms with Crippen LogP contribution in [0.3, 0.4) is 0 Å². The molecule has 1 heterocycles. The molecule has 2 aromatic rings. The van der Waals surface area contributed by atoms with Gasteiger partial charge in [0.15, 0.2) is 0 Å². The summed E-state index contributed by atoms with van der Waals surface area (Å²) in [5.41, 5.74) is 2.96. The zero-order chi connectivity index (χ0) is 19.2. The minimum Gasteiger partial charge on any atom is -0.494 e. The Morgan fingerprint density at radius 3 is 2.63 bits per heavy atom. The van der Waals surface area contributed by atoms with Gasteiger partial charge in [0.05, 0.1) is 6.61 Å². The molecule has 142 valence electrons. The minimum absolute atomic E-state index is 0.00340. The summed E-state index contributed by atoms with van der Waals surface area (Å²) < 4.78 is 5.43. The Morgan fingerprint density at radius 2 is 1.89 bits per heavy atom. The second kappa shape index (κ2) is 8.71. The molecule has 0 radical (unpaired) electrons. The van der Waals surface area contributed by atoms with Gasteiger partial charge in [0.1, 0.15) is 11.8 Å². The van der Waals surface area contributed by atoms with E-state index in [2.05, 4.69) is 5.32 Å². The Hall–Kier alpha value is -2.82. The van der Waals surface area contributed by atoms with Crippen molar-refractivity contribution >= 4 is 17.5 Å². The maximum atomic E-state index is 12.7. The predicted octanol–water partition coefficient (Wildman–Crippen LogP) is 3.46. The summed E-state index contributed by atoms with van der Waals surface area (Å²) in [5.74, 6) is 0.658. The molecule has 0 spiro atoms. The lowest BCUT2D eigenvalue weighted by molar-refractivity contribution is -0.126. The van der Waals surface area contributed by atoms with Crippen LogP contribution in [0.5, 0.6) is 5.75 Å². The van der Waals surface area contributed by atoms with Crippen molar-refractivity contribution in [1.82, 2.24) is 5.32 Å². The van der Waals surface area contributed by atoms with Crippen LogP contribution >= 0.6 is 0 Å². The van der Waals surface area contributed by atoms with Crippen LogP contribution < -0.4 is 15.0 Å². The predicted molar refractivity (Wildman–Crippen MR) is 106 cm³/mol. The van der Waals surface area contributed by atoms with Crippen LogP contribution in [0.4, 0.5) is 5.69 Å². The van der Waals surface area contributed by atoms with Crippen molar-refractivity contribution in [3.63, 3.8) is 0 Å². The Morgan fingerprint density at radius 1 is 1.15 bits per heavy atom. The number of carbonyl (C=O) groups is 2. The van der Waals surface area contributed by atoms with Crippen molar-refractivity contribution in [1.29, 1.82) is 0 Å². The Balaban J connectivity index is 1.68. The zero-order valence-corrected chi connectivity index (χ0v) is 15.9. The van der Waals surface area contributed by atoms with E-state index in [9.17, 15) is 9.59 Å². The number of ether oxygens (including phenoxy) is 1. The maximum Gasteiger partial charge on any atom is 0.243 e. The standard InChI is InChI=1S/C22H26N2O3/c1-3-27-19-13-11-17(12-14-19)15-23-22(26)16(2)24-20-9-5-4-7-18(20)8-6-10-21(24)25/h4-5,7,9,11-14,16H,3,6,8,10,15H2,1-2H3,(H,23,26)/t16-/m1/s1. The zero-order valence-electron chi connectivity index (χ0n) is 15.9. The number of amides is 2. The van der Waals surface area contributed by atoms with Crippen LogP contribution in [-0.4, -0.2) is 24.5 Å². The fourth-order valence-corrected chi connectivity index (χ4v) is 3.39. The third kappa shape index (κ3) is 4.48. The molecular formula is C22H26N2O3. The first-order valence-electron chi connectivity index (χ1n) is 9.49. The maximum absolute atomic E-state index is 12.7. The molecule has 1 aliphatic heterocycles. The van der Waals surface area contributed by atoms with Crippen LogP contribution in [0.1, 0.15) is 37.8 Å². The molecule has 0 aliphatic carbocycles. The van der Waals surface area contributed by atoms with Crippen LogP contribution in [-0.2, 0) is 22.6 Å². The summed E-state index contributed by atoms with van der Waals surface area (Å²) in [6.45, 7) is 4.77. The van der Waals surface area contributed by atoms with E-state index in [0.717, 1.165) is 35.4 Å². The minimum atomic E-state index is -0.556. The molecule has 0 unspecified atom stereocenters. The fourth-order valence-electron chi connectivity index (χ4n) is 3.39. The van der Waals surface area contributed by atoms with Gasteiger partial charge >= 0.3 is 0 Å². The third-order valence-electron chi connectivity index (χ3n) is 4.82. The van der Waals surface area contributed by atoms with Gasteiger partial charge < -0.3 is 10.1 Å². The Labute approximate surface area is 160 Å². The van der Waals surface area contributed by atoms with Crippen LogP contribution in [0.15, 0.2) is 48.5 Å². The van der Waals surface area contributed by atoms with E-state index in [-0.39, 0.29) is 11.8 Å². The quantitative estimate of drug-likeness (QED) is 0.852. The first kappa shape index (κ1) is 19.0. The Kier molecular flexibility index (Phi) is 6.12. The molecule has 3 rings (SSSR count). The van der Waals surface area contributed by atoms with Gasteiger partial charge in [-0.25, -0.2) is 0 Å². The first-order valence-corrected chi connectivity index (χ1v) is 9.49. The van der Waals surface area contributed by atoms with Gasteiger partial charge in [-0.3, -0.25) is 14.5 Å². The number of rotatable bonds is 6. The van der Waals surface area contributed by atoms with Gasteiger partial charge in [-0.1, -0.05) is 30.3 Å². The first-order chi connectivity index (χ1) is 13.1. The van der Waals surface area contributed by atoms with Crippen molar-refractivity contribution in [3.05, 3.63) is 59.7 Å². The summed E-state index contributed by atoms with van der Waals surface area (Å²) in [5, 5.41) is 2.95. The molecule has 27 heavy (non-hydrogen) atoms. The molecule has 0 fully saturated rings. The molecule has 2 amide bonds.